The quantitative estimate of drug-likeness (QED) is 0.544. The summed E-state index contributed by atoms with van der Waals surface area (Å²) in [5.74, 6) is -0.281. The molecule has 30 heavy (non-hydrogen) atoms. The number of nitrogens with zero attached hydrogens (tertiary/aromatic N) is 1. The molecule has 0 saturated carbocycles. The Kier molecular flexibility index (Phi) is 9.80. The molecule has 0 bridgehead atoms. The van der Waals surface area contributed by atoms with Crippen LogP contribution in [0.5, 0.6) is 0 Å². The predicted molar refractivity (Wildman–Crippen MR) is 118 cm³/mol. The van der Waals surface area contributed by atoms with Crippen molar-refractivity contribution in [1.29, 1.82) is 0 Å². The van der Waals surface area contributed by atoms with Gasteiger partial charge in [-0.05, 0) is 37.3 Å². The molecule has 7 heteroatoms. The van der Waals surface area contributed by atoms with E-state index in [0.29, 0.717) is 18.7 Å². The van der Waals surface area contributed by atoms with Crippen molar-refractivity contribution in [3.8, 4) is 0 Å². The van der Waals surface area contributed by atoms with Gasteiger partial charge in [-0.2, -0.15) is 0 Å². The van der Waals surface area contributed by atoms with Gasteiger partial charge in [0.05, 0.1) is 6.54 Å². The molecular formula is C23H36N4O3. The molecular weight excluding hydrogens is 380 g/mol. The molecule has 0 aliphatic carbocycles. The molecule has 1 aromatic carbocycles. The Morgan fingerprint density at radius 2 is 1.77 bits per heavy atom. The number of amides is 3. The summed E-state index contributed by atoms with van der Waals surface area (Å²) in [6, 6.07) is 8.46. The molecule has 1 saturated heterocycles. The SMILES string of the molecule is CCCNC(=O)CN1CCC(NC(=O)C(NC(=O)c2ccccc2)C(C)CC)CC1. The van der Waals surface area contributed by atoms with E-state index >= 15 is 0 Å². The van der Waals surface area contributed by atoms with Gasteiger partial charge < -0.3 is 16.0 Å². The number of carbonyl (C=O) groups is 3. The van der Waals surface area contributed by atoms with Crippen molar-refractivity contribution >= 4 is 17.7 Å². The van der Waals surface area contributed by atoms with Gasteiger partial charge in [0, 0.05) is 31.2 Å². The van der Waals surface area contributed by atoms with E-state index in [1.807, 2.05) is 39.0 Å². The number of benzene rings is 1. The Hall–Kier alpha value is -2.41. The van der Waals surface area contributed by atoms with Crippen LogP contribution < -0.4 is 16.0 Å². The van der Waals surface area contributed by atoms with Gasteiger partial charge in [-0.3, -0.25) is 19.3 Å². The Morgan fingerprint density at radius 1 is 1.10 bits per heavy atom. The minimum atomic E-state index is -0.569. The minimum absolute atomic E-state index is 0.0278. The first-order valence-corrected chi connectivity index (χ1v) is 11.1. The van der Waals surface area contributed by atoms with Crippen LogP contribution in [-0.4, -0.2) is 60.9 Å². The minimum Gasteiger partial charge on any atom is -0.355 e. The summed E-state index contributed by atoms with van der Waals surface area (Å²) in [5.41, 5.74) is 0.549. The smallest absolute Gasteiger partial charge is 0.251 e. The fourth-order valence-electron chi connectivity index (χ4n) is 3.57. The van der Waals surface area contributed by atoms with Crippen LogP contribution in [0.15, 0.2) is 30.3 Å². The highest BCUT2D eigenvalue weighted by molar-refractivity contribution is 5.97. The van der Waals surface area contributed by atoms with E-state index in [2.05, 4.69) is 20.9 Å². The third kappa shape index (κ3) is 7.44. The zero-order valence-electron chi connectivity index (χ0n) is 18.4. The molecule has 0 radical (unpaired) electrons. The molecule has 1 heterocycles. The summed E-state index contributed by atoms with van der Waals surface area (Å²) in [7, 11) is 0. The Morgan fingerprint density at radius 3 is 2.37 bits per heavy atom. The van der Waals surface area contributed by atoms with Crippen molar-refractivity contribution in [2.45, 2.75) is 58.5 Å². The van der Waals surface area contributed by atoms with Crippen LogP contribution in [-0.2, 0) is 9.59 Å². The van der Waals surface area contributed by atoms with Crippen molar-refractivity contribution in [2.75, 3.05) is 26.2 Å². The fraction of sp³-hybridized carbons (Fsp3) is 0.609. The van der Waals surface area contributed by atoms with E-state index in [4.69, 9.17) is 0 Å². The molecule has 2 atom stereocenters. The fourth-order valence-corrected chi connectivity index (χ4v) is 3.57. The van der Waals surface area contributed by atoms with Crippen LogP contribution in [0.25, 0.3) is 0 Å². The van der Waals surface area contributed by atoms with Crippen LogP contribution in [0.2, 0.25) is 0 Å². The maximum absolute atomic E-state index is 13.0. The molecule has 1 fully saturated rings. The molecule has 1 aliphatic heterocycles. The summed E-state index contributed by atoms with van der Waals surface area (Å²) in [5, 5.41) is 8.93. The van der Waals surface area contributed by atoms with Crippen LogP contribution in [0.4, 0.5) is 0 Å². The lowest BCUT2D eigenvalue weighted by molar-refractivity contribution is -0.126. The number of likely N-dealkylation sites (tertiary alicyclic amines) is 1. The van der Waals surface area contributed by atoms with Crippen molar-refractivity contribution in [2.24, 2.45) is 5.92 Å². The standard InChI is InChI=1S/C23H36N4O3/c1-4-13-24-20(28)16-27-14-11-19(12-15-27)25-23(30)21(17(3)5-2)26-22(29)18-9-7-6-8-10-18/h6-10,17,19,21H,4-5,11-16H2,1-3H3,(H,24,28)(H,25,30)(H,26,29). The number of rotatable bonds is 10. The molecule has 1 aromatic rings. The van der Waals surface area contributed by atoms with Crippen LogP contribution in [0.3, 0.4) is 0 Å². The van der Waals surface area contributed by atoms with E-state index < -0.39 is 6.04 Å². The first-order valence-electron chi connectivity index (χ1n) is 11.1. The second-order valence-corrected chi connectivity index (χ2v) is 8.11. The van der Waals surface area contributed by atoms with Gasteiger partial charge in [0.15, 0.2) is 0 Å². The van der Waals surface area contributed by atoms with E-state index in [-0.39, 0.29) is 29.7 Å². The third-order valence-corrected chi connectivity index (χ3v) is 5.69. The van der Waals surface area contributed by atoms with Gasteiger partial charge in [-0.25, -0.2) is 0 Å². The van der Waals surface area contributed by atoms with Gasteiger partial charge in [-0.15, -0.1) is 0 Å². The van der Waals surface area contributed by atoms with Crippen molar-refractivity contribution in [1.82, 2.24) is 20.9 Å². The maximum atomic E-state index is 13.0. The summed E-state index contributed by atoms with van der Waals surface area (Å²) < 4.78 is 0. The predicted octanol–water partition coefficient (Wildman–Crippen LogP) is 1.94. The number of carbonyl (C=O) groups excluding carboxylic acids is 3. The van der Waals surface area contributed by atoms with Gasteiger partial charge in [0.2, 0.25) is 11.8 Å². The van der Waals surface area contributed by atoms with Gasteiger partial charge in [-0.1, -0.05) is 45.4 Å². The molecule has 7 nitrogen and oxygen atoms in total. The number of piperidine rings is 1. The van der Waals surface area contributed by atoms with Crippen molar-refractivity contribution in [3.63, 3.8) is 0 Å². The molecule has 3 N–H and O–H groups in total. The molecule has 166 valence electrons. The summed E-state index contributed by atoms with van der Waals surface area (Å²) in [6.45, 7) is 8.68. The van der Waals surface area contributed by atoms with E-state index in [1.165, 1.54) is 0 Å². The van der Waals surface area contributed by atoms with Crippen LogP contribution >= 0.6 is 0 Å². The first-order chi connectivity index (χ1) is 14.4. The topological polar surface area (TPSA) is 90.5 Å². The molecule has 2 rings (SSSR count). The number of nitrogens with one attached hydrogen (secondary N) is 3. The highest BCUT2D eigenvalue weighted by atomic mass is 16.2. The second-order valence-electron chi connectivity index (χ2n) is 8.11. The first kappa shape index (κ1) is 23.9. The van der Waals surface area contributed by atoms with Gasteiger partial charge in [0.1, 0.15) is 6.04 Å². The second kappa shape index (κ2) is 12.3. The normalized spacial score (nSPS) is 17.0. The molecule has 2 unspecified atom stereocenters. The van der Waals surface area contributed by atoms with Crippen LogP contribution in [0, 0.1) is 5.92 Å². The molecule has 1 aliphatic rings. The zero-order chi connectivity index (χ0) is 21.9. The monoisotopic (exact) mass is 416 g/mol. The highest BCUT2D eigenvalue weighted by Gasteiger charge is 2.29. The zero-order valence-corrected chi connectivity index (χ0v) is 18.4. The Balaban J connectivity index is 1.86. The lowest BCUT2D eigenvalue weighted by Gasteiger charge is -2.33. The van der Waals surface area contributed by atoms with Crippen molar-refractivity contribution < 1.29 is 14.4 Å². The summed E-state index contributed by atoms with van der Waals surface area (Å²) in [4.78, 5) is 39.5. The van der Waals surface area contributed by atoms with Gasteiger partial charge >= 0.3 is 0 Å². The average Bonchev–Trinajstić information content (AvgIpc) is 2.77. The largest absolute Gasteiger partial charge is 0.355 e. The van der Waals surface area contributed by atoms with E-state index in [9.17, 15) is 14.4 Å². The number of hydrogen-bond donors (Lipinski definition) is 3. The highest BCUT2D eigenvalue weighted by Crippen LogP contribution is 2.13. The summed E-state index contributed by atoms with van der Waals surface area (Å²) >= 11 is 0. The molecule has 3 amide bonds. The molecule has 0 spiro atoms. The number of hydrogen-bond acceptors (Lipinski definition) is 4. The lowest BCUT2D eigenvalue weighted by atomic mass is 9.96. The van der Waals surface area contributed by atoms with Gasteiger partial charge in [0.25, 0.3) is 5.91 Å². The van der Waals surface area contributed by atoms with E-state index in [1.54, 1.807) is 12.1 Å². The molecule has 0 aromatic heterocycles. The Bertz CT molecular complexity index is 687. The van der Waals surface area contributed by atoms with E-state index in [0.717, 1.165) is 38.8 Å². The average molecular weight is 417 g/mol. The lowest BCUT2D eigenvalue weighted by Crippen LogP contribution is -2.54. The van der Waals surface area contributed by atoms with Crippen LogP contribution in [0.1, 0.15) is 56.8 Å². The third-order valence-electron chi connectivity index (χ3n) is 5.69. The van der Waals surface area contributed by atoms with Crippen molar-refractivity contribution in [3.05, 3.63) is 35.9 Å². The Labute approximate surface area is 180 Å². The maximum Gasteiger partial charge on any atom is 0.251 e. The summed E-state index contributed by atoms with van der Waals surface area (Å²) in [6.07, 6.45) is 3.32.